The number of rotatable bonds is 5. The Balaban J connectivity index is 1.67. The van der Waals surface area contributed by atoms with Gasteiger partial charge in [-0.25, -0.2) is 5.43 Å². The smallest absolute Gasteiger partial charge is 0.400 e. The van der Waals surface area contributed by atoms with Crippen molar-refractivity contribution in [1.29, 1.82) is 0 Å². The molecule has 1 saturated heterocycles. The molecule has 9 nitrogen and oxygen atoms in total. The molecule has 9 heteroatoms. The van der Waals surface area contributed by atoms with Crippen LogP contribution in [0.4, 0.5) is 5.88 Å². The van der Waals surface area contributed by atoms with Crippen molar-refractivity contribution < 1.29 is 18.9 Å². The molecule has 128 valence electrons. The molecular formula is C16H14N4O5. The summed E-state index contributed by atoms with van der Waals surface area (Å²) in [7, 11) is 0. The number of carbonyl (C=O) groups excluding carboxylic acids is 2. The fraction of sp³-hybridized carbons (Fsp3) is 0.188. The first-order valence-electron chi connectivity index (χ1n) is 7.46. The number of amides is 2. The molecule has 0 spiro atoms. The monoisotopic (exact) mass is 342 g/mol. The summed E-state index contributed by atoms with van der Waals surface area (Å²) in [5.74, 6) is -2.41. The molecule has 25 heavy (non-hydrogen) atoms. The maximum absolute atomic E-state index is 12.3. The zero-order chi connectivity index (χ0) is 17.8. The van der Waals surface area contributed by atoms with Crippen LogP contribution in [0.5, 0.6) is 0 Å². The van der Waals surface area contributed by atoms with Gasteiger partial charge in [0.15, 0.2) is 5.76 Å². The van der Waals surface area contributed by atoms with Gasteiger partial charge in [0, 0.05) is 12.5 Å². The van der Waals surface area contributed by atoms with Crippen LogP contribution < -0.4 is 10.7 Å². The van der Waals surface area contributed by atoms with Crippen molar-refractivity contribution >= 4 is 23.9 Å². The maximum Gasteiger partial charge on any atom is 0.433 e. The van der Waals surface area contributed by atoms with E-state index in [-0.39, 0.29) is 17.6 Å². The van der Waals surface area contributed by atoms with Crippen LogP contribution in [0.3, 0.4) is 0 Å². The van der Waals surface area contributed by atoms with E-state index in [1.807, 2.05) is 30.3 Å². The number of hydrogen-bond donors (Lipinski definition) is 2. The van der Waals surface area contributed by atoms with Crippen LogP contribution in [-0.4, -0.2) is 29.5 Å². The first-order valence-corrected chi connectivity index (χ1v) is 7.46. The van der Waals surface area contributed by atoms with Gasteiger partial charge in [-0.1, -0.05) is 30.3 Å². The Hall–Kier alpha value is -3.49. The minimum atomic E-state index is -0.898. The lowest BCUT2D eigenvalue weighted by molar-refractivity contribution is -0.402. The lowest BCUT2D eigenvalue weighted by Crippen LogP contribution is -2.34. The van der Waals surface area contributed by atoms with Crippen LogP contribution in [0.1, 0.15) is 17.2 Å². The molecule has 1 aromatic heterocycles. The Bertz CT molecular complexity index is 830. The zero-order valence-corrected chi connectivity index (χ0v) is 12.9. The maximum atomic E-state index is 12.3. The molecule has 0 bridgehead atoms. The second-order valence-electron chi connectivity index (χ2n) is 5.41. The van der Waals surface area contributed by atoms with Crippen LogP contribution in [-0.2, 0) is 9.59 Å². The lowest BCUT2D eigenvalue weighted by Gasteiger charge is -2.15. The van der Waals surface area contributed by atoms with Crippen molar-refractivity contribution in [2.45, 2.75) is 5.92 Å². The van der Waals surface area contributed by atoms with E-state index in [0.29, 0.717) is 6.54 Å². The number of hydrazone groups is 1. The van der Waals surface area contributed by atoms with E-state index in [0.717, 1.165) is 11.8 Å². The predicted octanol–water partition coefficient (Wildman–Crippen LogP) is 1.17. The van der Waals surface area contributed by atoms with Gasteiger partial charge >= 0.3 is 5.88 Å². The van der Waals surface area contributed by atoms with E-state index < -0.39 is 22.6 Å². The molecule has 1 aliphatic heterocycles. The van der Waals surface area contributed by atoms with Crippen molar-refractivity contribution in [3.05, 3.63) is 63.9 Å². The van der Waals surface area contributed by atoms with Crippen molar-refractivity contribution in [3.63, 3.8) is 0 Å². The molecule has 2 N–H and O–H groups in total. The van der Waals surface area contributed by atoms with Gasteiger partial charge in [-0.2, -0.15) is 5.10 Å². The third kappa shape index (κ3) is 3.55. The number of furan rings is 1. The summed E-state index contributed by atoms with van der Waals surface area (Å²) in [4.78, 5) is 34.2. The molecule has 1 fully saturated rings. The minimum Gasteiger partial charge on any atom is -0.400 e. The van der Waals surface area contributed by atoms with Crippen molar-refractivity contribution in [3.8, 4) is 0 Å². The van der Waals surface area contributed by atoms with Crippen LogP contribution in [0.25, 0.3) is 0 Å². The highest BCUT2D eigenvalue weighted by atomic mass is 16.6. The third-order valence-electron chi connectivity index (χ3n) is 3.85. The molecular weight excluding hydrogens is 328 g/mol. The number of hydrogen-bond acceptors (Lipinski definition) is 6. The summed E-state index contributed by atoms with van der Waals surface area (Å²) in [6.45, 7) is 0.370. The number of benzene rings is 1. The van der Waals surface area contributed by atoms with Gasteiger partial charge in [0.05, 0.1) is 12.3 Å². The molecule has 0 radical (unpaired) electrons. The number of carbonyl (C=O) groups is 2. The van der Waals surface area contributed by atoms with E-state index in [4.69, 9.17) is 4.42 Å². The minimum absolute atomic E-state index is 0.113. The van der Waals surface area contributed by atoms with Crippen molar-refractivity contribution in [1.82, 2.24) is 10.7 Å². The quantitative estimate of drug-likeness (QED) is 0.365. The first-order chi connectivity index (χ1) is 12.1. The Morgan fingerprint density at radius 1 is 1.32 bits per heavy atom. The Labute approximate surface area is 141 Å². The summed E-state index contributed by atoms with van der Waals surface area (Å²) in [5.41, 5.74) is 3.16. The fourth-order valence-corrected chi connectivity index (χ4v) is 2.67. The van der Waals surface area contributed by atoms with Gasteiger partial charge in [-0.15, -0.1) is 0 Å². The topological polar surface area (TPSA) is 127 Å². The molecule has 3 rings (SSSR count). The van der Waals surface area contributed by atoms with Gasteiger partial charge in [0.25, 0.3) is 5.91 Å². The van der Waals surface area contributed by atoms with Crippen molar-refractivity contribution in [2.24, 2.45) is 11.0 Å². The zero-order valence-electron chi connectivity index (χ0n) is 12.9. The van der Waals surface area contributed by atoms with Crippen LogP contribution >= 0.6 is 0 Å². The Morgan fingerprint density at radius 2 is 2.08 bits per heavy atom. The summed E-state index contributed by atoms with van der Waals surface area (Å²) < 4.78 is 4.88. The van der Waals surface area contributed by atoms with Gasteiger partial charge in [0.2, 0.25) is 5.91 Å². The molecule has 1 aliphatic rings. The second-order valence-corrected chi connectivity index (χ2v) is 5.41. The molecule has 2 unspecified atom stereocenters. The first kappa shape index (κ1) is 16.4. The van der Waals surface area contributed by atoms with E-state index in [9.17, 15) is 19.7 Å². The number of nitrogens with zero attached hydrogens (tertiary/aromatic N) is 2. The number of nitrogens with one attached hydrogen (secondary N) is 2. The molecule has 0 aliphatic carbocycles. The van der Waals surface area contributed by atoms with E-state index in [1.54, 1.807) is 0 Å². The van der Waals surface area contributed by atoms with E-state index >= 15 is 0 Å². The SMILES string of the molecule is O=C1NCC(c2ccccc2)C1C(=O)NN=Cc1ccc([N+](=O)[O-])o1. The van der Waals surface area contributed by atoms with Crippen molar-refractivity contribution in [2.75, 3.05) is 6.54 Å². The van der Waals surface area contributed by atoms with Gasteiger partial charge in [-0.05, 0) is 11.6 Å². The summed E-state index contributed by atoms with van der Waals surface area (Å²) in [5, 5.41) is 16.9. The van der Waals surface area contributed by atoms with E-state index in [2.05, 4.69) is 15.8 Å². The molecule has 0 saturated carbocycles. The Morgan fingerprint density at radius 3 is 2.76 bits per heavy atom. The highest BCUT2D eigenvalue weighted by Crippen LogP contribution is 2.28. The average Bonchev–Trinajstić information content (AvgIpc) is 3.22. The molecule has 2 heterocycles. The summed E-state index contributed by atoms with van der Waals surface area (Å²) in [6.07, 6.45) is 1.13. The molecule has 2 aromatic rings. The fourth-order valence-electron chi connectivity index (χ4n) is 2.67. The molecule has 2 amide bonds. The van der Waals surface area contributed by atoms with Gasteiger partial charge in [-0.3, -0.25) is 19.7 Å². The Kier molecular flexibility index (Phi) is 4.55. The standard InChI is InChI=1S/C16H14N4O5/c21-15-14(12(9-17-15)10-4-2-1-3-5-10)16(22)19-18-8-11-6-7-13(25-11)20(23)24/h1-8,12,14H,9H2,(H,17,21)(H,19,22). The second kappa shape index (κ2) is 6.95. The van der Waals surface area contributed by atoms with E-state index in [1.165, 1.54) is 12.1 Å². The average molecular weight is 342 g/mol. The largest absolute Gasteiger partial charge is 0.433 e. The van der Waals surface area contributed by atoms with Crippen LogP contribution in [0.15, 0.2) is 52.0 Å². The van der Waals surface area contributed by atoms with Gasteiger partial charge < -0.3 is 9.73 Å². The normalized spacial score (nSPS) is 19.8. The molecule has 1 aromatic carbocycles. The van der Waals surface area contributed by atoms with Crippen LogP contribution in [0, 0.1) is 16.0 Å². The van der Waals surface area contributed by atoms with Crippen LogP contribution in [0.2, 0.25) is 0 Å². The third-order valence-corrected chi connectivity index (χ3v) is 3.85. The number of nitro groups is 1. The highest BCUT2D eigenvalue weighted by molar-refractivity contribution is 6.03. The lowest BCUT2D eigenvalue weighted by atomic mass is 9.88. The predicted molar refractivity (Wildman–Crippen MR) is 86.8 cm³/mol. The summed E-state index contributed by atoms with van der Waals surface area (Å²) >= 11 is 0. The molecule has 2 atom stereocenters. The highest BCUT2D eigenvalue weighted by Gasteiger charge is 2.40. The summed E-state index contributed by atoms with van der Waals surface area (Å²) in [6, 6.07) is 11.8. The van der Waals surface area contributed by atoms with Gasteiger partial charge in [0.1, 0.15) is 10.8 Å².